The molecule has 1 rings (SSSR count). The summed E-state index contributed by atoms with van der Waals surface area (Å²) >= 11 is 0. The van der Waals surface area contributed by atoms with Crippen molar-refractivity contribution in [2.45, 2.75) is 84.7 Å². The van der Waals surface area contributed by atoms with Gasteiger partial charge in [-0.05, 0) is 43.9 Å². The van der Waals surface area contributed by atoms with Gasteiger partial charge in [-0.25, -0.2) is 0 Å². The van der Waals surface area contributed by atoms with Crippen LogP contribution in [-0.4, -0.2) is 10.7 Å². The number of aliphatic hydroxyl groups is 1. The molecule has 0 spiro atoms. The van der Waals surface area contributed by atoms with Crippen LogP contribution in [-0.2, 0) is 0 Å². The SMILES string of the molecule is CCCC(O)(CCC)C1(C#N)CCC(C)(C)CC1. The molecule has 0 unspecified atom stereocenters. The summed E-state index contributed by atoms with van der Waals surface area (Å²) in [6.45, 7) is 8.73. The molecule has 2 heteroatoms. The average Bonchev–Trinajstić information content (AvgIpc) is 2.30. The van der Waals surface area contributed by atoms with E-state index in [1.54, 1.807) is 0 Å². The van der Waals surface area contributed by atoms with Crippen LogP contribution in [0.1, 0.15) is 79.1 Å². The van der Waals surface area contributed by atoms with Gasteiger partial charge in [-0.1, -0.05) is 40.5 Å². The normalized spacial score (nSPS) is 22.4. The fraction of sp³-hybridized carbons (Fsp3) is 0.938. The molecule has 0 aromatic rings. The molecule has 0 bridgehead atoms. The van der Waals surface area contributed by atoms with Crippen LogP contribution in [0, 0.1) is 22.2 Å². The van der Waals surface area contributed by atoms with Gasteiger partial charge in [0.1, 0.15) is 0 Å². The van der Waals surface area contributed by atoms with Crippen LogP contribution < -0.4 is 0 Å². The summed E-state index contributed by atoms with van der Waals surface area (Å²) in [5.41, 5.74) is -0.948. The van der Waals surface area contributed by atoms with Crippen LogP contribution in [0.5, 0.6) is 0 Å². The molecule has 0 amide bonds. The van der Waals surface area contributed by atoms with Crippen LogP contribution in [0.15, 0.2) is 0 Å². The first-order chi connectivity index (χ1) is 8.35. The van der Waals surface area contributed by atoms with Gasteiger partial charge in [0, 0.05) is 0 Å². The Morgan fingerprint density at radius 2 is 1.50 bits per heavy atom. The van der Waals surface area contributed by atoms with Gasteiger partial charge in [-0.2, -0.15) is 5.26 Å². The molecule has 18 heavy (non-hydrogen) atoms. The summed E-state index contributed by atoms with van der Waals surface area (Å²) in [7, 11) is 0. The van der Waals surface area contributed by atoms with Crippen molar-refractivity contribution in [3.05, 3.63) is 0 Å². The average molecular weight is 251 g/mol. The lowest BCUT2D eigenvalue weighted by Gasteiger charge is -2.48. The van der Waals surface area contributed by atoms with Crippen molar-refractivity contribution in [3.8, 4) is 6.07 Å². The second-order valence-electron chi connectivity index (χ2n) is 6.89. The quantitative estimate of drug-likeness (QED) is 0.785. The zero-order valence-corrected chi connectivity index (χ0v) is 12.6. The third-order valence-corrected chi connectivity index (χ3v) is 4.89. The number of rotatable bonds is 5. The van der Waals surface area contributed by atoms with E-state index >= 15 is 0 Å². The predicted molar refractivity (Wildman–Crippen MR) is 75.1 cm³/mol. The first-order valence-electron chi connectivity index (χ1n) is 7.48. The van der Waals surface area contributed by atoms with Crippen LogP contribution in [0.2, 0.25) is 0 Å². The van der Waals surface area contributed by atoms with E-state index < -0.39 is 11.0 Å². The minimum Gasteiger partial charge on any atom is -0.388 e. The van der Waals surface area contributed by atoms with E-state index in [-0.39, 0.29) is 0 Å². The molecule has 0 radical (unpaired) electrons. The smallest absolute Gasteiger partial charge is 0.0860 e. The third-order valence-electron chi connectivity index (χ3n) is 4.89. The predicted octanol–water partition coefficient (Wildman–Crippen LogP) is 4.43. The molecule has 2 nitrogen and oxygen atoms in total. The van der Waals surface area contributed by atoms with Gasteiger partial charge < -0.3 is 5.11 Å². The molecule has 0 aliphatic heterocycles. The standard InChI is InChI=1S/C16H29NO/c1-5-7-16(18,8-6-2)15(13-17)11-9-14(3,4)10-12-15/h18H,5-12H2,1-4H3. The van der Waals surface area contributed by atoms with E-state index in [2.05, 4.69) is 33.8 Å². The molecular weight excluding hydrogens is 222 g/mol. The summed E-state index contributed by atoms with van der Waals surface area (Å²) in [6.07, 6.45) is 7.23. The molecule has 1 N–H and O–H groups in total. The van der Waals surface area contributed by atoms with E-state index in [0.717, 1.165) is 51.4 Å². The number of hydrogen-bond donors (Lipinski definition) is 1. The van der Waals surface area contributed by atoms with Crippen LogP contribution in [0.3, 0.4) is 0 Å². The molecule has 0 aromatic heterocycles. The molecule has 1 aliphatic rings. The van der Waals surface area contributed by atoms with Crippen molar-refractivity contribution < 1.29 is 5.11 Å². The minimum absolute atomic E-state index is 0.333. The fourth-order valence-electron chi connectivity index (χ4n) is 3.47. The molecule has 0 atom stereocenters. The van der Waals surface area contributed by atoms with Crippen molar-refractivity contribution in [2.75, 3.05) is 0 Å². The molecule has 0 aromatic carbocycles. The summed E-state index contributed by atoms with van der Waals surface area (Å²) in [4.78, 5) is 0. The summed E-state index contributed by atoms with van der Waals surface area (Å²) in [6, 6.07) is 2.52. The second-order valence-corrected chi connectivity index (χ2v) is 6.89. The zero-order valence-electron chi connectivity index (χ0n) is 12.6. The number of nitrogens with zero attached hydrogens (tertiary/aromatic N) is 1. The molecule has 104 valence electrons. The minimum atomic E-state index is -0.776. The van der Waals surface area contributed by atoms with E-state index in [9.17, 15) is 10.4 Å². The second kappa shape index (κ2) is 5.61. The maximum Gasteiger partial charge on any atom is 0.0860 e. The van der Waals surface area contributed by atoms with Gasteiger partial charge in [0.05, 0.1) is 17.1 Å². The van der Waals surface area contributed by atoms with E-state index in [1.165, 1.54) is 0 Å². The third kappa shape index (κ3) is 2.88. The Morgan fingerprint density at radius 3 is 1.83 bits per heavy atom. The summed E-state index contributed by atoms with van der Waals surface area (Å²) < 4.78 is 0. The fourth-order valence-corrected chi connectivity index (χ4v) is 3.47. The van der Waals surface area contributed by atoms with Gasteiger partial charge in [0.25, 0.3) is 0 Å². The topological polar surface area (TPSA) is 44.0 Å². The summed E-state index contributed by atoms with van der Waals surface area (Å²) in [5.74, 6) is 0. The highest BCUT2D eigenvalue weighted by molar-refractivity contribution is 5.13. The van der Waals surface area contributed by atoms with Crippen LogP contribution in [0.4, 0.5) is 0 Å². The molecule has 1 fully saturated rings. The van der Waals surface area contributed by atoms with Crippen molar-refractivity contribution in [1.82, 2.24) is 0 Å². The van der Waals surface area contributed by atoms with Crippen molar-refractivity contribution in [2.24, 2.45) is 10.8 Å². The largest absolute Gasteiger partial charge is 0.388 e. The lowest BCUT2D eigenvalue weighted by molar-refractivity contribution is -0.0970. The zero-order chi connectivity index (χ0) is 13.9. The Bertz CT molecular complexity index is 298. The van der Waals surface area contributed by atoms with Gasteiger partial charge in [0.2, 0.25) is 0 Å². The highest BCUT2D eigenvalue weighted by atomic mass is 16.3. The Balaban J connectivity index is 2.96. The lowest BCUT2D eigenvalue weighted by atomic mass is 9.57. The van der Waals surface area contributed by atoms with E-state index in [1.807, 2.05) is 0 Å². The number of hydrogen-bond acceptors (Lipinski definition) is 2. The lowest BCUT2D eigenvalue weighted by Crippen LogP contribution is -2.50. The maximum absolute atomic E-state index is 11.0. The van der Waals surface area contributed by atoms with Crippen molar-refractivity contribution in [1.29, 1.82) is 5.26 Å². The maximum atomic E-state index is 11.0. The van der Waals surface area contributed by atoms with Gasteiger partial charge in [-0.3, -0.25) is 0 Å². The number of nitriles is 1. The highest BCUT2D eigenvalue weighted by Crippen LogP contribution is 2.52. The Labute approximate surface area is 112 Å². The van der Waals surface area contributed by atoms with Crippen LogP contribution in [0.25, 0.3) is 0 Å². The molecular formula is C16H29NO. The first kappa shape index (κ1) is 15.5. The van der Waals surface area contributed by atoms with Gasteiger partial charge >= 0.3 is 0 Å². The molecule has 1 aliphatic carbocycles. The Hall–Kier alpha value is -0.550. The highest BCUT2D eigenvalue weighted by Gasteiger charge is 2.52. The van der Waals surface area contributed by atoms with Crippen molar-refractivity contribution in [3.63, 3.8) is 0 Å². The summed E-state index contributed by atoms with van der Waals surface area (Å²) in [5, 5.41) is 20.7. The monoisotopic (exact) mass is 251 g/mol. The Morgan fingerprint density at radius 1 is 1.06 bits per heavy atom. The molecule has 1 saturated carbocycles. The van der Waals surface area contributed by atoms with Gasteiger partial charge in [-0.15, -0.1) is 0 Å². The van der Waals surface area contributed by atoms with Gasteiger partial charge in [0.15, 0.2) is 0 Å². The van der Waals surface area contributed by atoms with E-state index in [0.29, 0.717) is 5.41 Å². The molecule has 0 saturated heterocycles. The van der Waals surface area contributed by atoms with Crippen molar-refractivity contribution >= 4 is 0 Å². The molecule has 0 heterocycles. The van der Waals surface area contributed by atoms with E-state index in [4.69, 9.17) is 0 Å². The first-order valence-corrected chi connectivity index (χ1v) is 7.48. The Kier molecular flexibility index (Phi) is 4.84. The van der Waals surface area contributed by atoms with Crippen LogP contribution >= 0.6 is 0 Å².